The van der Waals surface area contributed by atoms with E-state index in [0.29, 0.717) is 12.5 Å². The molecule has 0 radical (unpaired) electrons. The Balaban J connectivity index is 2.50. The van der Waals surface area contributed by atoms with Crippen LogP contribution < -0.4 is 5.32 Å². The van der Waals surface area contributed by atoms with Crippen LogP contribution >= 0.6 is 0 Å². The summed E-state index contributed by atoms with van der Waals surface area (Å²) in [4.78, 5) is 22.7. The molecule has 1 aliphatic carbocycles. The number of aliphatic carboxylic acids is 1. The van der Waals surface area contributed by atoms with E-state index in [1.54, 1.807) is 0 Å². The summed E-state index contributed by atoms with van der Waals surface area (Å²) in [5.74, 6) is -0.843. The normalized spacial score (nSPS) is 17.4. The Hall–Kier alpha value is -1.06. The van der Waals surface area contributed by atoms with Gasteiger partial charge in [0, 0.05) is 6.54 Å². The van der Waals surface area contributed by atoms with Gasteiger partial charge in [0.25, 0.3) is 0 Å². The van der Waals surface area contributed by atoms with Crippen LogP contribution in [0.1, 0.15) is 47.0 Å². The van der Waals surface area contributed by atoms with Gasteiger partial charge < -0.3 is 10.4 Å². The van der Waals surface area contributed by atoms with E-state index in [2.05, 4.69) is 19.2 Å². The van der Waals surface area contributed by atoms with Gasteiger partial charge in [-0.05, 0) is 38.0 Å². The topological polar surface area (TPSA) is 66.4 Å². The van der Waals surface area contributed by atoms with Gasteiger partial charge in [-0.3, -0.25) is 9.59 Å². The summed E-state index contributed by atoms with van der Waals surface area (Å²) < 4.78 is 0. The molecular weight excluding hydrogens is 218 g/mol. The largest absolute Gasteiger partial charge is 0.480 e. The summed E-state index contributed by atoms with van der Waals surface area (Å²) in [5.41, 5.74) is -1.29. The van der Waals surface area contributed by atoms with Crippen molar-refractivity contribution >= 4 is 11.9 Å². The van der Waals surface area contributed by atoms with Crippen LogP contribution in [0.4, 0.5) is 0 Å². The highest BCUT2D eigenvalue weighted by Crippen LogP contribution is 2.41. The van der Waals surface area contributed by atoms with Crippen molar-refractivity contribution < 1.29 is 14.7 Å². The van der Waals surface area contributed by atoms with Crippen LogP contribution in [0.25, 0.3) is 0 Å². The number of hydrogen-bond donors (Lipinski definition) is 2. The first-order valence-corrected chi connectivity index (χ1v) is 6.19. The summed E-state index contributed by atoms with van der Waals surface area (Å²) in [6.45, 7) is 7.67. The second-order valence-corrected chi connectivity index (χ2v) is 6.23. The molecule has 0 saturated heterocycles. The SMILES string of the molecule is CC(C)(C(=O)O)C(=O)NCC(C)(C)C1CCC1. The van der Waals surface area contributed by atoms with Crippen molar-refractivity contribution in [2.75, 3.05) is 6.54 Å². The molecule has 1 rings (SSSR count). The smallest absolute Gasteiger partial charge is 0.318 e. The molecule has 0 bridgehead atoms. The van der Waals surface area contributed by atoms with E-state index < -0.39 is 17.3 Å². The molecular formula is C13H23NO3. The van der Waals surface area contributed by atoms with Gasteiger partial charge in [-0.25, -0.2) is 0 Å². The fourth-order valence-electron chi connectivity index (χ4n) is 1.96. The van der Waals surface area contributed by atoms with Crippen LogP contribution in [0.3, 0.4) is 0 Å². The fourth-order valence-corrected chi connectivity index (χ4v) is 1.96. The van der Waals surface area contributed by atoms with E-state index in [-0.39, 0.29) is 5.41 Å². The first-order valence-electron chi connectivity index (χ1n) is 6.19. The summed E-state index contributed by atoms with van der Waals surface area (Å²) in [6.07, 6.45) is 3.69. The zero-order valence-corrected chi connectivity index (χ0v) is 11.2. The number of hydrogen-bond acceptors (Lipinski definition) is 2. The van der Waals surface area contributed by atoms with Gasteiger partial charge in [-0.2, -0.15) is 0 Å². The third-order valence-electron chi connectivity index (χ3n) is 4.02. The average Bonchev–Trinajstić information content (AvgIpc) is 2.10. The molecule has 0 aromatic heterocycles. The predicted octanol–water partition coefficient (Wildman–Crippen LogP) is 2.04. The van der Waals surface area contributed by atoms with Gasteiger partial charge in [0.2, 0.25) is 5.91 Å². The summed E-state index contributed by atoms with van der Waals surface area (Å²) in [7, 11) is 0. The van der Waals surface area contributed by atoms with Crippen LogP contribution in [-0.2, 0) is 9.59 Å². The first kappa shape index (κ1) is 14.0. The third kappa shape index (κ3) is 2.99. The highest BCUT2D eigenvalue weighted by molar-refractivity contribution is 6.00. The van der Waals surface area contributed by atoms with Crippen molar-refractivity contribution in [2.45, 2.75) is 47.0 Å². The summed E-state index contributed by atoms with van der Waals surface area (Å²) >= 11 is 0. The van der Waals surface area contributed by atoms with Crippen LogP contribution in [-0.4, -0.2) is 23.5 Å². The fraction of sp³-hybridized carbons (Fsp3) is 0.846. The number of carboxylic acid groups (broad SMARTS) is 1. The Morgan fingerprint density at radius 1 is 1.24 bits per heavy atom. The van der Waals surface area contributed by atoms with Gasteiger partial charge in [0.15, 0.2) is 0 Å². The lowest BCUT2D eigenvalue weighted by Gasteiger charge is -2.40. The number of carbonyl (C=O) groups is 2. The summed E-state index contributed by atoms with van der Waals surface area (Å²) in [5, 5.41) is 11.7. The van der Waals surface area contributed by atoms with Crippen molar-refractivity contribution in [1.82, 2.24) is 5.32 Å². The molecule has 0 aromatic rings. The maximum Gasteiger partial charge on any atom is 0.318 e. The van der Waals surface area contributed by atoms with Crippen molar-refractivity contribution in [3.8, 4) is 0 Å². The Morgan fingerprint density at radius 2 is 1.76 bits per heavy atom. The molecule has 17 heavy (non-hydrogen) atoms. The van der Waals surface area contributed by atoms with Gasteiger partial charge >= 0.3 is 5.97 Å². The average molecular weight is 241 g/mol. The molecule has 0 unspecified atom stereocenters. The minimum atomic E-state index is -1.35. The molecule has 98 valence electrons. The minimum Gasteiger partial charge on any atom is -0.480 e. The van der Waals surface area contributed by atoms with E-state index >= 15 is 0 Å². The monoisotopic (exact) mass is 241 g/mol. The molecule has 1 amide bonds. The molecule has 1 saturated carbocycles. The van der Waals surface area contributed by atoms with Crippen molar-refractivity contribution in [1.29, 1.82) is 0 Å². The zero-order chi connectivity index (χ0) is 13.3. The van der Waals surface area contributed by atoms with E-state index in [1.165, 1.54) is 33.1 Å². The lowest BCUT2D eigenvalue weighted by molar-refractivity contribution is -0.153. The first-order chi connectivity index (χ1) is 7.68. The summed E-state index contributed by atoms with van der Waals surface area (Å²) in [6, 6.07) is 0. The minimum absolute atomic E-state index is 0.0580. The maximum atomic E-state index is 11.8. The highest BCUT2D eigenvalue weighted by atomic mass is 16.4. The Bertz CT molecular complexity index is 317. The van der Waals surface area contributed by atoms with Crippen molar-refractivity contribution in [3.05, 3.63) is 0 Å². The molecule has 1 fully saturated rings. The number of carboxylic acids is 1. The number of nitrogens with one attached hydrogen (secondary N) is 1. The van der Waals surface area contributed by atoms with E-state index in [1.807, 2.05) is 0 Å². The molecule has 0 aliphatic heterocycles. The second kappa shape index (κ2) is 4.67. The number of carbonyl (C=O) groups excluding carboxylic acids is 1. The lowest BCUT2D eigenvalue weighted by atomic mass is 9.67. The molecule has 4 nitrogen and oxygen atoms in total. The third-order valence-corrected chi connectivity index (χ3v) is 4.02. The van der Waals surface area contributed by atoms with Gasteiger partial charge in [-0.1, -0.05) is 20.3 Å². The van der Waals surface area contributed by atoms with Gasteiger partial charge in [-0.15, -0.1) is 0 Å². The number of amides is 1. The van der Waals surface area contributed by atoms with Crippen LogP contribution in [0.15, 0.2) is 0 Å². The van der Waals surface area contributed by atoms with Gasteiger partial charge in [0.05, 0.1) is 0 Å². The quantitative estimate of drug-likeness (QED) is 0.724. The molecule has 0 heterocycles. The van der Waals surface area contributed by atoms with Gasteiger partial charge in [0.1, 0.15) is 5.41 Å². The molecule has 2 N–H and O–H groups in total. The molecule has 0 atom stereocenters. The maximum absolute atomic E-state index is 11.8. The van der Waals surface area contributed by atoms with Crippen LogP contribution in [0.5, 0.6) is 0 Å². The Labute approximate surface area is 103 Å². The van der Waals surface area contributed by atoms with Crippen LogP contribution in [0.2, 0.25) is 0 Å². The van der Waals surface area contributed by atoms with E-state index in [9.17, 15) is 9.59 Å². The second-order valence-electron chi connectivity index (χ2n) is 6.23. The zero-order valence-electron chi connectivity index (χ0n) is 11.2. The predicted molar refractivity (Wildman–Crippen MR) is 65.5 cm³/mol. The van der Waals surface area contributed by atoms with E-state index in [0.717, 1.165) is 0 Å². The standard InChI is InChI=1S/C13H23NO3/c1-12(2,9-6-5-7-9)8-14-10(15)13(3,4)11(16)17/h9H,5-8H2,1-4H3,(H,14,15)(H,16,17). The Morgan fingerprint density at radius 3 is 2.12 bits per heavy atom. The molecule has 0 spiro atoms. The molecule has 4 heteroatoms. The van der Waals surface area contributed by atoms with Crippen LogP contribution in [0, 0.1) is 16.7 Å². The van der Waals surface area contributed by atoms with E-state index in [4.69, 9.17) is 5.11 Å². The van der Waals surface area contributed by atoms with Crippen molar-refractivity contribution in [2.24, 2.45) is 16.7 Å². The van der Waals surface area contributed by atoms with Crippen molar-refractivity contribution in [3.63, 3.8) is 0 Å². The lowest BCUT2D eigenvalue weighted by Crippen LogP contribution is -2.47. The highest BCUT2D eigenvalue weighted by Gasteiger charge is 2.38. The number of rotatable bonds is 5. The molecule has 0 aromatic carbocycles. The molecule has 1 aliphatic rings. The Kier molecular flexibility index (Phi) is 3.84.